The maximum atomic E-state index is 13.3. The van der Waals surface area contributed by atoms with Crippen LogP contribution in [0.5, 0.6) is 0 Å². The molecule has 3 rings (SSSR count). The van der Waals surface area contributed by atoms with Crippen molar-refractivity contribution in [3.63, 3.8) is 0 Å². The van der Waals surface area contributed by atoms with E-state index in [9.17, 15) is 13.7 Å². The third-order valence-corrected chi connectivity index (χ3v) is 6.48. The van der Waals surface area contributed by atoms with Gasteiger partial charge < -0.3 is 14.4 Å². The number of amides is 1. The molecule has 1 heterocycles. The van der Waals surface area contributed by atoms with E-state index >= 15 is 0 Å². The maximum absolute atomic E-state index is 13.3. The van der Waals surface area contributed by atoms with Crippen LogP contribution < -0.4 is 10.0 Å². The van der Waals surface area contributed by atoms with Crippen molar-refractivity contribution >= 4 is 34.6 Å². The first-order valence-corrected chi connectivity index (χ1v) is 10.2. The Hall–Kier alpha value is -1.54. The van der Waals surface area contributed by atoms with Gasteiger partial charge in [-0.05, 0) is 62.9 Å². The van der Waals surface area contributed by atoms with Gasteiger partial charge in [0.05, 0.1) is 11.1 Å². The highest BCUT2D eigenvalue weighted by atomic mass is 35.5. The second kappa shape index (κ2) is 7.47. The smallest absolute Gasteiger partial charge is 0.272 e. The van der Waals surface area contributed by atoms with E-state index in [0.29, 0.717) is 11.4 Å². The van der Waals surface area contributed by atoms with Crippen LogP contribution in [0, 0.1) is 5.82 Å². The molecule has 0 saturated carbocycles. The number of hydrogen-bond acceptors (Lipinski definition) is 3. The van der Waals surface area contributed by atoms with E-state index in [0.717, 1.165) is 24.0 Å². The quantitative estimate of drug-likeness (QED) is 0.744. The molecule has 27 heavy (non-hydrogen) atoms. The Morgan fingerprint density at radius 3 is 2.74 bits per heavy atom. The molecule has 1 aliphatic rings. The Morgan fingerprint density at radius 1 is 1.41 bits per heavy atom. The standard InChI is InChI=1S/C19H23ClFN3O2S/c1-19(2,3)27(26)23-16-8-6-12-13(16)10-24(4)17(12)18(25)22-11-5-7-15(21)14(20)9-11/h5,7,9-10,16,23H,6,8H2,1-4H3,(H,22,25). The van der Waals surface area contributed by atoms with Crippen LogP contribution >= 0.6 is 11.6 Å². The van der Waals surface area contributed by atoms with Crippen molar-refractivity contribution in [2.45, 2.75) is 44.4 Å². The van der Waals surface area contributed by atoms with E-state index in [1.807, 2.05) is 34.0 Å². The van der Waals surface area contributed by atoms with E-state index in [1.54, 1.807) is 4.57 Å². The fraction of sp³-hybridized carbons (Fsp3) is 0.421. The van der Waals surface area contributed by atoms with Gasteiger partial charge in [-0.2, -0.15) is 0 Å². The van der Waals surface area contributed by atoms with Crippen LogP contribution in [0.25, 0.3) is 0 Å². The highest BCUT2D eigenvalue weighted by Gasteiger charge is 2.36. The molecular formula is C19H23ClFN3O2S. The zero-order valence-corrected chi connectivity index (χ0v) is 17.3. The fourth-order valence-electron chi connectivity index (χ4n) is 3.20. The molecule has 0 spiro atoms. The highest BCUT2D eigenvalue weighted by molar-refractivity contribution is 7.90. The number of nitrogens with one attached hydrogen (secondary N) is 2. The predicted octanol–water partition coefficient (Wildman–Crippen LogP) is 4.11. The van der Waals surface area contributed by atoms with Gasteiger partial charge in [0.25, 0.3) is 5.91 Å². The van der Waals surface area contributed by atoms with Crippen LogP contribution in [0.1, 0.15) is 54.8 Å². The minimum atomic E-state index is -1.19. The molecule has 5 nitrogen and oxygen atoms in total. The summed E-state index contributed by atoms with van der Waals surface area (Å²) in [5.74, 6) is -0.811. The summed E-state index contributed by atoms with van der Waals surface area (Å²) >= 11 is 4.59. The number of carbonyl (C=O) groups excluding carboxylic acids is 1. The van der Waals surface area contributed by atoms with E-state index in [4.69, 9.17) is 11.6 Å². The number of fused-ring (bicyclic) bond motifs is 1. The summed E-state index contributed by atoms with van der Waals surface area (Å²) in [6.07, 6.45) is 3.42. The molecule has 0 bridgehead atoms. The number of rotatable bonds is 4. The van der Waals surface area contributed by atoms with Crippen LogP contribution in [0.2, 0.25) is 5.02 Å². The van der Waals surface area contributed by atoms with E-state index in [2.05, 4.69) is 10.0 Å². The van der Waals surface area contributed by atoms with Gasteiger partial charge >= 0.3 is 0 Å². The maximum Gasteiger partial charge on any atom is 0.272 e. The number of aryl methyl sites for hydroxylation is 1. The van der Waals surface area contributed by atoms with Crippen molar-refractivity contribution < 1.29 is 13.7 Å². The van der Waals surface area contributed by atoms with Crippen molar-refractivity contribution in [3.05, 3.63) is 52.1 Å². The second-order valence-electron chi connectivity index (χ2n) is 7.70. The number of hydrogen-bond donors (Lipinski definition) is 2. The Kier molecular flexibility index (Phi) is 5.59. The molecular weight excluding hydrogens is 389 g/mol. The monoisotopic (exact) mass is 411 g/mol. The lowest BCUT2D eigenvalue weighted by Crippen LogP contribution is -2.40. The molecule has 0 aliphatic heterocycles. The van der Waals surface area contributed by atoms with Crippen molar-refractivity contribution in [2.75, 3.05) is 5.32 Å². The van der Waals surface area contributed by atoms with Crippen LogP contribution in [-0.2, 0) is 24.8 Å². The van der Waals surface area contributed by atoms with Crippen LogP contribution in [0.15, 0.2) is 24.4 Å². The van der Waals surface area contributed by atoms with E-state index in [-0.39, 0.29) is 21.7 Å². The van der Waals surface area contributed by atoms with Crippen molar-refractivity contribution in [1.29, 1.82) is 0 Å². The van der Waals surface area contributed by atoms with Crippen LogP contribution in [0.3, 0.4) is 0 Å². The van der Waals surface area contributed by atoms with E-state index in [1.165, 1.54) is 18.2 Å². The summed E-state index contributed by atoms with van der Waals surface area (Å²) in [5, 5.41) is 2.73. The van der Waals surface area contributed by atoms with Gasteiger partial charge in [0.15, 0.2) is 0 Å². The van der Waals surface area contributed by atoms with Gasteiger partial charge in [0.2, 0.25) is 0 Å². The number of anilines is 1. The van der Waals surface area contributed by atoms with Gasteiger partial charge in [-0.1, -0.05) is 11.6 Å². The Balaban J connectivity index is 1.81. The molecule has 2 unspecified atom stereocenters. The van der Waals surface area contributed by atoms with Gasteiger partial charge in [-0.25, -0.2) is 4.39 Å². The third kappa shape index (κ3) is 4.16. The summed E-state index contributed by atoms with van der Waals surface area (Å²) in [5.41, 5.74) is 2.93. The molecule has 2 atom stereocenters. The highest BCUT2D eigenvalue weighted by Crippen LogP contribution is 2.36. The molecule has 0 saturated heterocycles. The minimum Gasteiger partial charge on any atom is -0.598 e. The molecule has 8 heteroatoms. The molecule has 0 fully saturated rings. The molecule has 0 radical (unpaired) electrons. The Bertz CT molecular complexity index is 879. The Morgan fingerprint density at radius 2 is 2.11 bits per heavy atom. The molecule has 1 aromatic heterocycles. The number of nitrogens with zero attached hydrogens (tertiary/aromatic N) is 1. The lowest BCUT2D eigenvalue weighted by Gasteiger charge is -2.26. The average Bonchev–Trinajstić information content (AvgIpc) is 3.08. The summed E-state index contributed by atoms with van der Waals surface area (Å²) < 4.78 is 30.3. The first-order chi connectivity index (χ1) is 12.6. The summed E-state index contributed by atoms with van der Waals surface area (Å²) in [4.78, 5) is 12.8. The average molecular weight is 412 g/mol. The molecule has 146 valence electrons. The van der Waals surface area contributed by atoms with Crippen molar-refractivity contribution in [1.82, 2.24) is 9.29 Å². The van der Waals surface area contributed by atoms with Gasteiger partial charge in [0, 0.05) is 30.3 Å². The molecule has 2 N–H and O–H groups in total. The summed E-state index contributed by atoms with van der Waals surface area (Å²) in [7, 11) is 1.81. The van der Waals surface area contributed by atoms with Gasteiger partial charge in [-0.3, -0.25) is 4.79 Å². The number of halogens is 2. The fourth-order valence-corrected chi connectivity index (χ4v) is 4.24. The molecule has 1 aromatic carbocycles. The van der Waals surface area contributed by atoms with Crippen molar-refractivity contribution in [3.8, 4) is 0 Å². The lowest BCUT2D eigenvalue weighted by molar-refractivity contribution is 0.101. The second-order valence-corrected chi connectivity index (χ2v) is 10.1. The first kappa shape index (κ1) is 20.2. The largest absolute Gasteiger partial charge is 0.598 e. The first-order valence-electron chi connectivity index (χ1n) is 8.70. The number of carbonyl (C=O) groups is 1. The van der Waals surface area contributed by atoms with Gasteiger partial charge in [0.1, 0.15) is 16.3 Å². The molecule has 1 aliphatic carbocycles. The topological polar surface area (TPSA) is 69.1 Å². The number of benzene rings is 1. The van der Waals surface area contributed by atoms with Crippen LogP contribution in [0.4, 0.5) is 10.1 Å². The summed E-state index contributed by atoms with van der Waals surface area (Å²) in [6, 6.07) is 4.02. The Labute approximate surface area is 166 Å². The zero-order valence-electron chi connectivity index (χ0n) is 15.7. The predicted molar refractivity (Wildman–Crippen MR) is 107 cm³/mol. The van der Waals surface area contributed by atoms with Gasteiger partial charge in [-0.15, -0.1) is 4.72 Å². The normalized spacial score (nSPS) is 17.7. The van der Waals surface area contributed by atoms with Crippen molar-refractivity contribution in [2.24, 2.45) is 7.05 Å². The molecule has 1 amide bonds. The minimum absolute atomic E-state index is 0.0427. The number of aromatic nitrogens is 1. The van der Waals surface area contributed by atoms with E-state index < -0.39 is 17.2 Å². The SMILES string of the molecule is Cn1cc2c(c1C(=O)Nc1ccc(F)c(Cl)c1)CCC2N[S+]([O-])C(C)(C)C. The lowest BCUT2D eigenvalue weighted by atomic mass is 10.1. The van der Waals surface area contributed by atoms with Crippen LogP contribution in [-0.4, -0.2) is 19.8 Å². The summed E-state index contributed by atoms with van der Waals surface area (Å²) in [6.45, 7) is 5.76. The third-order valence-electron chi connectivity index (χ3n) is 4.58. The molecule has 2 aromatic rings. The zero-order chi connectivity index (χ0) is 19.9.